The van der Waals surface area contributed by atoms with Gasteiger partial charge < -0.3 is 0 Å². The lowest BCUT2D eigenvalue weighted by Gasteiger charge is -2.04. The van der Waals surface area contributed by atoms with E-state index in [2.05, 4.69) is 9.97 Å². The molecule has 1 aromatic heterocycles. The summed E-state index contributed by atoms with van der Waals surface area (Å²) in [6, 6.07) is 19.5. The Morgan fingerprint density at radius 1 is 0.789 bits per heavy atom. The first-order valence-corrected chi connectivity index (χ1v) is 6.35. The fourth-order valence-electron chi connectivity index (χ4n) is 1.90. The summed E-state index contributed by atoms with van der Waals surface area (Å²) >= 11 is 6.00. The van der Waals surface area contributed by atoms with Crippen molar-refractivity contribution in [3.63, 3.8) is 0 Å². The van der Waals surface area contributed by atoms with Gasteiger partial charge in [-0.3, -0.25) is 0 Å². The monoisotopic (exact) mass is 266 g/mol. The van der Waals surface area contributed by atoms with Gasteiger partial charge in [-0.25, -0.2) is 9.97 Å². The van der Waals surface area contributed by atoms with Crippen LogP contribution in [-0.4, -0.2) is 9.97 Å². The molecule has 3 rings (SSSR count). The number of benzene rings is 2. The number of hydrogen-bond donors (Lipinski definition) is 0. The fourth-order valence-corrected chi connectivity index (χ4v) is 2.09. The van der Waals surface area contributed by atoms with E-state index in [-0.39, 0.29) is 0 Å². The molecule has 19 heavy (non-hydrogen) atoms. The minimum atomic E-state index is 0.684. The normalized spacial score (nSPS) is 10.4. The van der Waals surface area contributed by atoms with Crippen molar-refractivity contribution in [2.24, 2.45) is 0 Å². The van der Waals surface area contributed by atoms with E-state index in [1.165, 1.54) is 0 Å². The molecule has 2 nitrogen and oxygen atoms in total. The topological polar surface area (TPSA) is 25.8 Å². The van der Waals surface area contributed by atoms with Crippen molar-refractivity contribution in [1.29, 1.82) is 0 Å². The summed E-state index contributed by atoms with van der Waals surface area (Å²) in [6.45, 7) is 0. The molecule has 0 bridgehead atoms. The van der Waals surface area contributed by atoms with E-state index in [1.807, 2.05) is 60.7 Å². The SMILES string of the molecule is Clc1cccc(-c2nccc(-c3ccccc3)n2)c1. The van der Waals surface area contributed by atoms with Crippen LogP contribution in [-0.2, 0) is 0 Å². The molecule has 2 aromatic carbocycles. The molecule has 0 saturated heterocycles. The predicted molar refractivity (Wildman–Crippen MR) is 77.9 cm³/mol. The Kier molecular flexibility index (Phi) is 3.25. The van der Waals surface area contributed by atoms with Crippen LogP contribution in [0.5, 0.6) is 0 Å². The van der Waals surface area contributed by atoms with E-state index >= 15 is 0 Å². The largest absolute Gasteiger partial charge is 0.237 e. The van der Waals surface area contributed by atoms with Gasteiger partial charge in [-0.15, -0.1) is 0 Å². The highest BCUT2D eigenvalue weighted by atomic mass is 35.5. The maximum atomic E-state index is 6.00. The molecule has 0 saturated carbocycles. The lowest BCUT2D eigenvalue weighted by Crippen LogP contribution is -1.91. The van der Waals surface area contributed by atoms with Crippen molar-refractivity contribution >= 4 is 11.6 Å². The van der Waals surface area contributed by atoms with Crippen molar-refractivity contribution in [2.75, 3.05) is 0 Å². The average Bonchev–Trinajstić information content (AvgIpc) is 2.48. The third-order valence-electron chi connectivity index (χ3n) is 2.81. The summed E-state index contributed by atoms with van der Waals surface area (Å²) in [7, 11) is 0. The van der Waals surface area contributed by atoms with Gasteiger partial charge in [-0.2, -0.15) is 0 Å². The number of nitrogens with zero attached hydrogens (tertiary/aromatic N) is 2. The zero-order valence-corrected chi connectivity index (χ0v) is 10.9. The van der Waals surface area contributed by atoms with Crippen molar-refractivity contribution in [2.45, 2.75) is 0 Å². The lowest BCUT2D eigenvalue weighted by molar-refractivity contribution is 1.18. The lowest BCUT2D eigenvalue weighted by atomic mass is 10.1. The van der Waals surface area contributed by atoms with Gasteiger partial charge in [0.2, 0.25) is 0 Å². The number of hydrogen-bond acceptors (Lipinski definition) is 2. The van der Waals surface area contributed by atoms with Crippen LogP contribution in [0.3, 0.4) is 0 Å². The Labute approximate surface area is 116 Å². The summed E-state index contributed by atoms with van der Waals surface area (Å²) < 4.78 is 0. The van der Waals surface area contributed by atoms with Gasteiger partial charge in [0.25, 0.3) is 0 Å². The van der Waals surface area contributed by atoms with Gasteiger partial charge >= 0.3 is 0 Å². The molecule has 0 aliphatic rings. The Bertz CT molecular complexity index is 696. The summed E-state index contributed by atoms with van der Waals surface area (Å²) in [4.78, 5) is 8.89. The molecule has 0 radical (unpaired) electrons. The Hall–Kier alpha value is -2.19. The molecule has 0 aliphatic heterocycles. The quantitative estimate of drug-likeness (QED) is 0.684. The molecule has 3 aromatic rings. The van der Waals surface area contributed by atoms with E-state index in [0.717, 1.165) is 16.8 Å². The highest BCUT2D eigenvalue weighted by molar-refractivity contribution is 6.30. The Balaban J connectivity index is 2.06. The molecule has 0 spiro atoms. The molecule has 0 amide bonds. The minimum Gasteiger partial charge on any atom is -0.237 e. The fraction of sp³-hybridized carbons (Fsp3) is 0. The van der Waals surface area contributed by atoms with Crippen LogP contribution in [0.1, 0.15) is 0 Å². The second kappa shape index (κ2) is 5.21. The Morgan fingerprint density at radius 3 is 2.37 bits per heavy atom. The van der Waals surface area contributed by atoms with E-state index < -0.39 is 0 Å². The van der Waals surface area contributed by atoms with Crippen LogP contribution in [0.25, 0.3) is 22.6 Å². The van der Waals surface area contributed by atoms with Gasteiger partial charge in [0.05, 0.1) is 5.69 Å². The molecule has 0 atom stereocenters. The second-order valence-corrected chi connectivity index (χ2v) is 4.58. The van der Waals surface area contributed by atoms with Crippen LogP contribution in [0, 0.1) is 0 Å². The van der Waals surface area contributed by atoms with E-state index in [4.69, 9.17) is 11.6 Å². The number of aromatic nitrogens is 2. The van der Waals surface area contributed by atoms with Gasteiger partial charge in [0.1, 0.15) is 0 Å². The summed E-state index contributed by atoms with van der Waals surface area (Å²) in [5.74, 6) is 0.684. The third kappa shape index (κ3) is 2.64. The maximum Gasteiger partial charge on any atom is 0.159 e. The van der Waals surface area contributed by atoms with Gasteiger partial charge in [0, 0.05) is 22.3 Å². The summed E-state index contributed by atoms with van der Waals surface area (Å²) in [6.07, 6.45) is 1.77. The van der Waals surface area contributed by atoms with Crippen molar-refractivity contribution in [1.82, 2.24) is 9.97 Å². The number of rotatable bonds is 2. The number of halogens is 1. The van der Waals surface area contributed by atoms with Crippen LogP contribution in [0.2, 0.25) is 5.02 Å². The maximum absolute atomic E-state index is 6.00. The molecule has 0 unspecified atom stereocenters. The average molecular weight is 267 g/mol. The smallest absolute Gasteiger partial charge is 0.159 e. The second-order valence-electron chi connectivity index (χ2n) is 4.14. The van der Waals surface area contributed by atoms with Crippen molar-refractivity contribution in [3.8, 4) is 22.6 Å². The summed E-state index contributed by atoms with van der Waals surface area (Å²) in [5.41, 5.74) is 2.91. The van der Waals surface area contributed by atoms with Crippen LogP contribution in [0.4, 0.5) is 0 Å². The highest BCUT2D eigenvalue weighted by Crippen LogP contribution is 2.22. The van der Waals surface area contributed by atoms with Crippen LogP contribution in [0.15, 0.2) is 66.9 Å². The highest BCUT2D eigenvalue weighted by Gasteiger charge is 2.04. The third-order valence-corrected chi connectivity index (χ3v) is 3.04. The van der Waals surface area contributed by atoms with Gasteiger partial charge in [-0.05, 0) is 18.2 Å². The molecule has 0 fully saturated rings. The zero-order chi connectivity index (χ0) is 13.1. The molecular formula is C16H11ClN2. The zero-order valence-electron chi connectivity index (χ0n) is 10.1. The minimum absolute atomic E-state index is 0.684. The standard InChI is InChI=1S/C16H11ClN2/c17-14-8-4-7-13(11-14)16-18-10-9-15(19-16)12-5-2-1-3-6-12/h1-11H. The van der Waals surface area contributed by atoms with Crippen LogP contribution >= 0.6 is 11.6 Å². The molecule has 0 aliphatic carbocycles. The van der Waals surface area contributed by atoms with E-state index in [9.17, 15) is 0 Å². The van der Waals surface area contributed by atoms with Crippen molar-refractivity contribution < 1.29 is 0 Å². The predicted octanol–water partition coefficient (Wildman–Crippen LogP) is 4.46. The van der Waals surface area contributed by atoms with E-state index in [0.29, 0.717) is 10.8 Å². The molecule has 0 N–H and O–H groups in total. The van der Waals surface area contributed by atoms with Gasteiger partial charge in [0.15, 0.2) is 5.82 Å². The molecule has 3 heteroatoms. The van der Waals surface area contributed by atoms with E-state index in [1.54, 1.807) is 6.20 Å². The summed E-state index contributed by atoms with van der Waals surface area (Å²) in [5, 5.41) is 0.686. The molecular weight excluding hydrogens is 256 g/mol. The van der Waals surface area contributed by atoms with Crippen molar-refractivity contribution in [3.05, 3.63) is 71.9 Å². The Morgan fingerprint density at radius 2 is 1.58 bits per heavy atom. The first-order valence-electron chi connectivity index (χ1n) is 5.97. The molecule has 92 valence electrons. The first-order chi connectivity index (χ1) is 9.33. The van der Waals surface area contributed by atoms with Gasteiger partial charge in [-0.1, -0.05) is 54.1 Å². The first kappa shape index (κ1) is 11.9. The molecule has 1 heterocycles. The van der Waals surface area contributed by atoms with Crippen LogP contribution < -0.4 is 0 Å².